The average Bonchev–Trinajstić information content (AvgIpc) is 3.05. The summed E-state index contributed by atoms with van der Waals surface area (Å²) in [5.74, 6) is -2.20. The Labute approximate surface area is 148 Å². The number of aromatic nitrogens is 3. The van der Waals surface area contributed by atoms with Crippen molar-refractivity contribution in [1.29, 1.82) is 0 Å². The first-order valence-electron chi connectivity index (χ1n) is 7.92. The summed E-state index contributed by atoms with van der Waals surface area (Å²) in [4.78, 5) is 46.9. The fraction of sp³-hybridized carbons (Fsp3) is 0.167. The number of amides is 2. The van der Waals surface area contributed by atoms with E-state index in [0.29, 0.717) is 22.1 Å². The first-order chi connectivity index (χ1) is 12.4. The number of nitrogens with zero attached hydrogens (tertiary/aromatic N) is 4. The maximum absolute atomic E-state index is 12.7. The van der Waals surface area contributed by atoms with Crippen LogP contribution in [0.5, 0.6) is 0 Å². The van der Waals surface area contributed by atoms with Gasteiger partial charge in [-0.1, -0.05) is 17.2 Å². The van der Waals surface area contributed by atoms with Crippen LogP contribution in [-0.4, -0.2) is 37.4 Å². The van der Waals surface area contributed by atoms with Crippen LogP contribution in [0.3, 0.4) is 0 Å². The second-order valence-electron chi connectivity index (χ2n) is 6.06. The summed E-state index contributed by atoms with van der Waals surface area (Å²) in [6.45, 7) is 5.28. The Morgan fingerprint density at radius 1 is 1.04 bits per heavy atom. The zero-order chi connectivity index (χ0) is 18.6. The second kappa shape index (κ2) is 5.48. The molecule has 4 rings (SSSR count). The maximum Gasteiger partial charge on any atom is 0.369 e. The quantitative estimate of drug-likeness (QED) is 0.657. The second-order valence-corrected chi connectivity index (χ2v) is 6.06. The van der Waals surface area contributed by atoms with Crippen LogP contribution in [0.1, 0.15) is 48.2 Å². The number of carbonyl (C=O) groups is 3. The Bertz CT molecular complexity index is 1080. The fourth-order valence-electron chi connectivity index (χ4n) is 3.04. The van der Waals surface area contributed by atoms with Crippen molar-refractivity contribution in [2.45, 2.75) is 20.8 Å². The van der Waals surface area contributed by atoms with E-state index in [1.54, 1.807) is 26.0 Å². The molecule has 3 aromatic rings. The van der Waals surface area contributed by atoms with Crippen molar-refractivity contribution >= 4 is 23.4 Å². The molecule has 0 aliphatic carbocycles. The minimum atomic E-state index is -0.857. The van der Waals surface area contributed by atoms with Gasteiger partial charge in [0.15, 0.2) is 5.65 Å². The molecule has 2 amide bonds. The van der Waals surface area contributed by atoms with Crippen LogP contribution in [0, 0.1) is 20.8 Å². The molecule has 0 atom stereocenters. The third-order valence-corrected chi connectivity index (χ3v) is 4.21. The van der Waals surface area contributed by atoms with Gasteiger partial charge < -0.3 is 4.84 Å². The van der Waals surface area contributed by atoms with Crippen molar-refractivity contribution in [1.82, 2.24) is 19.7 Å². The van der Waals surface area contributed by atoms with E-state index in [1.807, 2.05) is 13.0 Å². The lowest BCUT2D eigenvalue weighted by molar-refractivity contribution is -0.0584. The van der Waals surface area contributed by atoms with Gasteiger partial charge in [0.25, 0.3) is 11.8 Å². The van der Waals surface area contributed by atoms with E-state index in [4.69, 9.17) is 4.84 Å². The van der Waals surface area contributed by atoms with Crippen LogP contribution in [0.4, 0.5) is 0 Å². The molecule has 0 fully saturated rings. The number of hydrogen-bond donors (Lipinski definition) is 0. The normalized spacial score (nSPS) is 13.4. The van der Waals surface area contributed by atoms with E-state index in [9.17, 15) is 14.4 Å². The summed E-state index contributed by atoms with van der Waals surface area (Å²) < 4.78 is 1.53. The third kappa shape index (κ3) is 2.19. The Balaban J connectivity index is 1.73. The predicted octanol–water partition coefficient (Wildman–Crippen LogP) is 2.02. The highest BCUT2D eigenvalue weighted by molar-refractivity contribution is 6.21. The molecular formula is C18H14N4O4. The van der Waals surface area contributed by atoms with Crippen molar-refractivity contribution in [2.24, 2.45) is 0 Å². The first-order valence-corrected chi connectivity index (χ1v) is 7.92. The molecule has 130 valence electrons. The summed E-state index contributed by atoms with van der Waals surface area (Å²) >= 11 is 0. The lowest BCUT2D eigenvalue weighted by Gasteiger charge is -2.12. The zero-order valence-electron chi connectivity index (χ0n) is 14.3. The van der Waals surface area contributed by atoms with Crippen LogP contribution in [0.15, 0.2) is 30.3 Å². The van der Waals surface area contributed by atoms with Crippen molar-refractivity contribution in [3.63, 3.8) is 0 Å². The molecule has 8 heteroatoms. The number of hydroxylamine groups is 2. The number of hydrogen-bond acceptors (Lipinski definition) is 6. The highest BCUT2D eigenvalue weighted by Gasteiger charge is 2.39. The molecule has 3 heterocycles. The molecule has 0 N–H and O–H groups in total. The van der Waals surface area contributed by atoms with Gasteiger partial charge in [0, 0.05) is 11.4 Å². The Kier molecular flexibility index (Phi) is 3.36. The number of aryl methyl sites for hydroxylation is 3. The number of fused-ring (bicyclic) bond motifs is 2. The van der Waals surface area contributed by atoms with Gasteiger partial charge in [-0.2, -0.15) is 5.10 Å². The topological polar surface area (TPSA) is 93.9 Å². The van der Waals surface area contributed by atoms with Crippen molar-refractivity contribution in [3.05, 3.63) is 64.1 Å². The molecule has 0 saturated carbocycles. The minimum Gasteiger partial charge on any atom is -0.324 e. The van der Waals surface area contributed by atoms with Gasteiger partial charge in [0.05, 0.1) is 16.8 Å². The molecule has 26 heavy (non-hydrogen) atoms. The van der Waals surface area contributed by atoms with E-state index >= 15 is 0 Å². The highest BCUT2D eigenvalue weighted by atomic mass is 16.7. The summed E-state index contributed by atoms with van der Waals surface area (Å²) in [6.07, 6.45) is 0. The number of rotatable bonds is 2. The van der Waals surface area contributed by atoms with Gasteiger partial charge in [-0.15, -0.1) is 0 Å². The summed E-state index contributed by atoms with van der Waals surface area (Å²) in [6, 6.07) is 8.13. The van der Waals surface area contributed by atoms with Crippen molar-refractivity contribution < 1.29 is 19.2 Å². The van der Waals surface area contributed by atoms with Crippen LogP contribution in [0.25, 0.3) is 5.65 Å². The number of carbonyl (C=O) groups excluding carboxylic acids is 3. The van der Waals surface area contributed by atoms with Gasteiger partial charge in [-0.05, 0) is 39.0 Å². The molecule has 1 aliphatic heterocycles. The summed E-state index contributed by atoms with van der Waals surface area (Å²) in [7, 11) is 0. The summed E-state index contributed by atoms with van der Waals surface area (Å²) in [5.41, 5.74) is 2.75. The monoisotopic (exact) mass is 350 g/mol. The average molecular weight is 350 g/mol. The van der Waals surface area contributed by atoms with Gasteiger partial charge in [0.2, 0.25) is 0 Å². The SMILES string of the molecule is Cc1cc(C)n2nc(C)c(C(=O)ON3C(=O)c4ccccc4C3=O)c2n1. The van der Waals surface area contributed by atoms with Gasteiger partial charge in [-0.3, -0.25) is 9.59 Å². The van der Waals surface area contributed by atoms with E-state index < -0.39 is 17.8 Å². The lowest BCUT2D eigenvalue weighted by Crippen LogP contribution is -2.32. The molecule has 8 nitrogen and oxygen atoms in total. The van der Waals surface area contributed by atoms with Crippen molar-refractivity contribution in [2.75, 3.05) is 0 Å². The van der Waals surface area contributed by atoms with Gasteiger partial charge in [-0.25, -0.2) is 14.3 Å². The van der Waals surface area contributed by atoms with Gasteiger partial charge in [0.1, 0.15) is 5.56 Å². The Morgan fingerprint density at radius 2 is 1.65 bits per heavy atom. The fourth-order valence-corrected chi connectivity index (χ4v) is 3.04. The molecule has 0 unspecified atom stereocenters. The molecule has 2 aromatic heterocycles. The molecule has 1 aliphatic rings. The summed E-state index contributed by atoms with van der Waals surface area (Å²) in [5, 5.41) is 4.78. The number of benzene rings is 1. The third-order valence-electron chi connectivity index (χ3n) is 4.21. The molecule has 0 bridgehead atoms. The number of imide groups is 1. The van der Waals surface area contributed by atoms with Gasteiger partial charge >= 0.3 is 5.97 Å². The molecule has 0 saturated heterocycles. The van der Waals surface area contributed by atoms with Crippen LogP contribution < -0.4 is 0 Å². The van der Waals surface area contributed by atoms with Crippen LogP contribution >= 0.6 is 0 Å². The van der Waals surface area contributed by atoms with Crippen LogP contribution in [-0.2, 0) is 4.84 Å². The molecule has 0 spiro atoms. The Hall–Kier alpha value is -3.55. The zero-order valence-corrected chi connectivity index (χ0v) is 14.3. The molecule has 1 aromatic carbocycles. The maximum atomic E-state index is 12.7. The van der Waals surface area contributed by atoms with E-state index in [1.165, 1.54) is 16.6 Å². The molecular weight excluding hydrogens is 336 g/mol. The van der Waals surface area contributed by atoms with E-state index in [2.05, 4.69) is 10.1 Å². The predicted molar refractivity (Wildman–Crippen MR) is 89.6 cm³/mol. The first kappa shape index (κ1) is 15.9. The minimum absolute atomic E-state index is 0.119. The molecule has 0 radical (unpaired) electrons. The Morgan fingerprint density at radius 3 is 2.27 bits per heavy atom. The van der Waals surface area contributed by atoms with Crippen molar-refractivity contribution in [3.8, 4) is 0 Å². The van der Waals surface area contributed by atoms with Crippen LogP contribution in [0.2, 0.25) is 0 Å². The highest BCUT2D eigenvalue weighted by Crippen LogP contribution is 2.24. The lowest BCUT2D eigenvalue weighted by atomic mass is 10.1. The largest absolute Gasteiger partial charge is 0.369 e. The smallest absolute Gasteiger partial charge is 0.324 e. The van der Waals surface area contributed by atoms with E-state index in [-0.39, 0.29) is 16.7 Å². The van der Waals surface area contributed by atoms with E-state index in [0.717, 1.165) is 5.69 Å². The standard InChI is InChI=1S/C18H14N4O4/c1-9-8-10(2)21-15(19-9)14(11(3)20-21)18(25)26-22-16(23)12-6-4-5-7-13(12)17(22)24/h4-8H,1-3H3.